The van der Waals surface area contributed by atoms with Gasteiger partial charge in [-0.05, 0) is 44.5 Å². The second kappa shape index (κ2) is 5.48. The van der Waals surface area contributed by atoms with Crippen LogP contribution in [0.15, 0.2) is 18.3 Å². The van der Waals surface area contributed by atoms with E-state index < -0.39 is 5.82 Å². The summed E-state index contributed by atoms with van der Waals surface area (Å²) in [5.74, 6) is 0.341. The van der Waals surface area contributed by atoms with E-state index in [1.54, 1.807) is 0 Å². The fraction of sp³-hybridized carbons (Fsp3) is 0.267. The highest BCUT2D eigenvalue weighted by molar-refractivity contribution is 6.33. The van der Waals surface area contributed by atoms with Crippen LogP contribution < -0.4 is 0 Å². The summed E-state index contributed by atoms with van der Waals surface area (Å²) in [6.07, 6.45) is 1.40. The lowest BCUT2D eigenvalue weighted by atomic mass is 10.1. The first-order valence-electron chi connectivity index (χ1n) is 6.75. The third kappa shape index (κ3) is 2.44. The van der Waals surface area contributed by atoms with Gasteiger partial charge in [-0.1, -0.05) is 11.6 Å². The minimum Gasteiger partial charge on any atom is -0.326 e. The van der Waals surface area contributed by atoms with Crippen LogP contribution in [-0.4, -0.2) is 19.5 Å². The van der Waals surface area contributed by atoms with Crippen LogP contribution in [-0.2, 0) is 0 Å². The number of rotatable bonds is 2. The number of benzene rings is 1. The molecule has 2 aromatic heterocycles. The molecule has 1 aromatic carbocycles. The Kier molecular flexibility index (Phi) is 3.78. The van der Waals surface area contributed by atoms with E-state index in [0.717, 1.165) is 5.82 Å². The van der Waals surface area contributed by atoms with Gasteiger partial charge in [0.05, 0.1) is 22.4 Å². The second-order valence-corrected chi connectivity index (χ2v) is 6.03. The summed E-state index contributed by atoms with van der Waals surface area (Å²) in [5, 5.41) is 0.379. The highest BCUT2D eigenvalue weighted by atomic mass is 35.5. The molecule has 0 saturated heterocycles. The highest BCUT2D eigenvalue weighted by Gasteiger charge is 2.17. The molecule has 4 nitrogen and oxygen atoms in total. The Morgan fingerprint density at radius 2 is 1.91 bits per heavy atom. The van der Waals surface area contributed by atoms with Gasteiger partial charge in [-0.25, -0.2) is 19.3 Å². The van der Waals surface area contributed by atoms with Gasteiger partial charge in [-0.2, -0.15) is 0 Å². The van der Waals surface area contributed by atoms with Gasteiger partial charge >= 0.3 is 0 Å². The van der Waals surface area contributed by atoms with Gasteiger partial charge in [0.2, 0.25) is 5.28 Å². The topological polar surface area (TPSA) is 43.6 Å². The molecule has 0 amide bonds. The quantitative estimate of drug-likeness (QED) is 0.628. The van der Waals surface area contributed by atoms with Gasteiger partial charge in [-0.15, -0.1) is 0 Å². The molecule has 0 unspecified atom stereocenters. The van der Waals surface area contributed by atoms with Crippen molar-refractivity contribution < 1.29 is 4.39 Å². The first kappa shape index (κ1) is 15.2. The number of aromatic nitrogens is 4. The summed E-state index contributed by atoms with van der Waals surface area (Å²) >= 11 is 11.9. The predicted molar refractivity (Wildman–Crippen MR) is 85.9 cm³/mol. The summed E-state index contributed by atoms with van der Waals surface area (Å²) in [4.78, 5) is 12.2. The van der Waals surface area contributed by atoms with Crippen molar-refractivity contribution >= 4 is 34.2 Å². The number of imidazole rings is 1. The third-order valence-corrected chi connectivity index (χ3v) is 3.89. The lowest BCUT2D eigenvalue weighted by molar-refractivity contribution is 0.600. The average molecular weight is 339 g/mol. The smallest absolute Gasteiger partial charge is 0.222 e. The van der Waals surface area contributed by atoms with Gasteiger partial charge in [0.1, 0.15) is 11.3 Å². The Morgan fingerprint density at radius 3 is 2.59 bits per heavy atom. The predicted octanol–water partition coefficient (Wildman–Crippen LogP) is 4.83. The summed E-state index contributed by atoms with van der Waals surface area (Å²) in [6.45, 7) is 5.90. The normalized spacial score (nSPS) is 11.6. The molecule has 114 valence electrons. The van der Waals surface area contributed by atoms with E-state index in [2.05, 4.69) is 15.0 Å². The number of fused-ring (bicyclic) bond motifs is 1. The molecule has 0 saturated carbocycles. The highest BCUT2D eigenvalue weighted by Crippen LogP contribution is 2.32. The zero-order valence-electron chi connectivity index (χ0n) is 12.2. The Morgan fingerprint density at radius 1 is 1.18 bits per heavy atom. The molecule has 3 rings (SSSR count). The molecule has 0 aliphatic heterocycles. The molecule has 0 N–H and O–H groups in total. The minimum atomic E-state index is -0.416. The summed E-state index contributed by atoms with van der Waals surface area (Å²) in [7, 11) is 0. The second-order valence-electron chi connectivity index (χ2n) is 5.28. The number of halogens is 3. The Balaban J connectivity index is 2.32. The maximum atomic E-state index is 14.4. The first-order valence-corrected chi connectivity index (χ1v) is 7.50. The van der Waals surface area contributed by atoms with Crippen LogP contribution in [0.25, 0.3) is 22.3 Å². The summed E-state index contributed by atoms with van der Waals surface area (Å²) < 4.78 is 16.4. The molecular formula is C15H13Cl2FN4. The van der Waals surface area contributed by atoms with Crippen LogP contribution in [0.3, 0.4) is 0 Å². The van der Waals surface area contributed by atoms with E-state index in [1.807, 2.05) is 31.4 Å². The molecule has 22 heavy (non-hydrogen) atoms. The molecular weight excluding hydrogens is 326 g/mol. The molecule has 0 atom stereocenters. The Labute approximate surface area is 136 Å². The van der Waals surface area contributed by atoms with Gasteiger partial charge in [0.15, 0.2) is 5.82 Å². The van der Waals surface area contributed by atoms with Crippen molar-refractivity contribution in [3.8, 4) is 11.3 Å². The van der Waals surface area contributed by atoms with Crippen molar-refractivity contribution in [2.24, 2.45) is 0 Å². The lowest BCUT2D eigenvalue weighted by Gasteiger charge is -2.12. The van der Waals surface area contributed by atoms with E-state index in [0.29, 0.717) is 27.3 Å². The average Bonchev–Trinajstić information content (AvgIpc) is 2.78. The van der Waals surface area contributed by atoms with Crippen LogP contribution in [0.5, 0.6) is 0 Å². The summed E-state index contributed by atoms with van der Waals surface area (Å²) in [6, 6.07) is 3.34. The first-order chi connectivity index (χ1) is 10.4. The van der Waals surface area contributed by atoms with Crippen molar-refractivity contribution in [2.75, 3.05) is 0 Å². The number of hydrogen-bond acceptors (Lipinski definition) is 3. The molecule has 0 aliphatic carbocycles. The van der Waals surface area contributed by atoms with E-state index in [-0.39, 0.29) is 11.3 Å². The van der Waals surface area contributed by atoms with Crippen LogP contribution in [0.2, 0.25) is 10.3 Å². The standard InChI is InChI=1S/C15H13Cl2FN4/c1-7(2)22-8(3)20-14-11(18)4-9(5-12(14)22)13-10(16)6-19-15(17)21-13/h4-7H,1-3H3. The van der Waals surface area contributed by atoms with E-state index in [9.17, 15) is 4.39 Å². The SMILES string of the molecule is Cc1nc2c(F)cc(-c3nc(Cl)ncc3Cl)cc2n1C(C)C. The van der Waals surface area contributed by atoms with E-state index in [4.69, 9.17) is 23.2 Å². The van der Waals surface area contributed by atoms with Crippen LogP contribution in [0.4, 0.5) is 4.39 Å². The van der Waals surface area contributed by atoms with Crippen molar-refractivity contribution in [2.45, 2.75) is 26.8 Å². The molecule has 3 aromatic rings. The van der Waals surface area contributed by atoms with Gasteiger partial charge in [0, 0.05) is 11.6 Å². The van der Waals surface area contributed by atoms with Crippen molar-refractivity contribution in [1.29, 1.82) is 0 Å². The van der Waals surface area contributed by atoms with Crippen LogP contribution >= 0.6 is 23.2 Å². The summed E-state index contributed by atoms with van der Waals surface area (Å²) in [5.41, 5.74) is 1.98. The Bertz CT molecular complexity index is 874. The van der Waals surface area contributed by atoms with Crippen LogP contribution in [0.1, 0.15) is 25.7 Å². The van der Waals surface area contributed by atoms with E-state index >= 15 is 0 Å². The van der Waals surface area contributed by atoms with E-state index in [1.165, 1.54) is 12.3 Å². The fourth-order valence-corrected chi connectivity index (χ4v) is 2.94. The fourth-order valence-electron chi connectivity index (χ4n) is 2.61. The van der Waals surface area contributed by atoms with Gasteiger partial charge in [0.25, 0.3) is 0 Å². The number of aryl methyl sites for hydroxylation is 1. The Hall–Kier alpha value is -1.72. The molecule has 0 spiro atoms. The van der Waals surface area contributed by atoms with Crippen molar-refractivity contribution in [3.63, 3.8) is 0 Å². The molecule has 0 bridgehead atoms. The zero-order chi connectivity index (χ0) is 16.0. The molecule has 2 heterocycles. The van der Waals surface area contributed by atoms with Gasteiger partial charge in [-0.3, -0.25) is 0 Å². The number of nitrogens with zero attached hydrogens (tertiary/aromatic N) is 4. The minimum absolute atomic E-state index is 0.0634. The van der Waals surface area contributed by atoms with Crippen molar-refractivity contribution in [1.82, 2.24) is 19.5 Å². The molecule has 0 aliphatic rings. The van der Waals surface area contributed by atoms with Gasteiger partial charge < -0.3 is 4.57 Å². The third-order valence-electron chi connectivity index (χ3n) is 3.43. The largest absolute Gasteiger partial charge is 0.326 e. The lowest BCUT2D eigenvalue weighted by Crippen LogP contribution is -2.03. The van der Waals surface area contributed by atoms with Crippen LogP contribution in [0, 0.1) is 12.7 Å². The molecule has 0 radical (unpaired) electrons. The maximum Gasteiger partial charge on any atom is 0.222 e. The monoisotopic (exact) mass is 338 g/mol. The molecule has 0 fully saturated rings. The maximum absolute atomic E-state index is 14.4. The molecule has 7 heteroatoms. The zero-order valence-corrected chi connectivity index (χ0v) is 13.7. The number of hydrogen-bond donors (Lipinski definition) is 0. The van der Waals surface area contributed by atoms with Crippen molar-refractivity contribution in [3.05, 3.63) is 40.3 Å².